The van der Waals surface area contributed by atoms with Crippen LogP contribution in [0.25, 0.3) is 0 Å². The Bertz CT molecular complexity index is 1000. The number of benzene rings is 2. The Morgan fingerprint density at radius 1 is 1.19 bits per heavy atom. The van der Waals surface area contributed by atoms with E-state index in [0.29, 0.717) is 9.50 Å². The molecule has 0 aliphatic carbocycles. The molecule has 0 atom stereocenters. The molecule has 27 heavy (non-hydrogen) atoms. The number of anilines is 3. The van der Waals surface area contributed by atoms with Crippen molar-refractivity contribution in [3.63, 3.8) is 0 Å². The summed E-state index contributed by atoms with van der Waals surface area (Å²) in [5, 5.41) is 17.6. The van der Waals surface area contributed by atoms with Gasteiger partial charge in [-0.2, -0.15) is 0 Å². The smallest absolute Gasteiger partial charge is 0.353 e. The van der Waals surface area contributed by atoms with Crippen molar-refractivity contribution >= 4 is 50.5 Å². The molecule has 2 aromatic carbocycles. The summed E-state index contributed by atoms with van der Waals surface area (Å²) < 4.78 is 14.6. The summed E-state index contributed by atoms with van der Waals surface area (Å²) in [5.41, 5.74) is 0.407. The number of hydrogen-bond acceptors (Lipinski definition) is 6. The fourth-order valence-corrected chi connectivity index (χ4v) is 2.85. The highest BCUT2D eigenvalue weighted by Gasteiger charge is 2.24. The van der Waals surface area contributed by atoms with E-state index in [0.717, 1.165) is 11.9 Å². The summed E-state index contributed by atoms with van der Waals surface area (Å²) in [4.78, 5) is 18.8. The number of nitrogens with one attached hydrogen (secondary N) is 2. The standard InChI is InChI=1S/C17H12BrClFN5O2/c18-11-5-6-14(13(20)7-11)24-17-15(25(26)27)16(22-9-23-17)21-8-10-3-1-2-4-12(10)19/h1-7,9H,8H2,(H2,21,22,23,24). The predicted octanol–water partition coefficient (Wildman–Crippen LogP) is 5.30. The zero-order chi connectivity index (χ0) is 19.4. The molecule has 0 fully saturated rings. The fourth-order valence-electron chi connectivity index (χ4n) is 2.31. The van der Waals surface area contributed by atoms with E-state index in [2.05, 4.69) is 36.5 Å². The number of aromatic nitrogens is 2. The van der Waals surface area contributed by atoms with Crippen molar-refractivity contribution < 1.29 is 9.31 Å². The third-order valence-electron chi connectivity index (χ3n) is 3.59. The van der Waals surface area contributed by atoms with Crippen LogP contribution in [0.5, 0.6) is 0 Å². The molecule has 0 aliphatic heterocycles. The number of nitrogens with zero attached hydrogens (tertiary/aromatic N) is 3. The van der Waals surface area contributed by atoms with E-state index in [9.17, 15) is 14.5 Å². The number of hydrogen-bond donors (Lipinski definition) is 2. The topological polar surface area (TPSA) is 93.0 Å². The molecule has 10 heteroatoms. The number of rotatable bonds is 6. The van der Waals surface area contributed by atoms with Crippen molar-refractivity contribution in [2.24, 2.45) is 0 Å². The maximum absolute atomic E-state index is 14.0. The summed E-state index contributed by atoms with van der Waals surface area (Å²) >= 11 is 9.25. The lowest BCUT2D eigenvalue weighted by atomic mass is 10.2. The molecule has 0 amide bonds. The van der Waals surface area contributed by atoms with Gasteiger partial charge in [0.1, 0.15) is 12.1 Å². The summed E-state index contributed by atoms with van der Waals surface area (Å²) in [7, 11) is 0. The van der Waals surface area contributed by atoms with Gasteiger partial charge in [0.15, 0.2) is 0 Å². The SMILES string of the molecule is O=[N+]([O-])c1c(NCc2ccccc2Cl)ncnc1Nc1ccc(Br)cc1F. The normalized spacial score (nSPS) is 10.5. The second kappa shape index (κ2) is 8.28. The molecule has 2 N–H and O–H groups in total. The van der Waals surface area contributed by atoms with Crippen LogP contribution < -0.4 is 10.6 Å². The average Bonchev–Trinajstić information content (AvgIpc) is 2.63. The molecule has 0 bridgehead atoms. The zero-order valence-electron chi connectivity index (χ0n) is 13.6. The van der Waals surface area contributed by atoms with Crippen LogP contribution in [0.15, 0.2) is 53.3 Å². The predicted molar refractivity (Wildman–Crippen MR) is 105 cm³/mol. The maximum atomic E-state index is 14.0. The van der Waals surface area contributed by atoms with Crippen LogP contribution >= 0.6 is 27.5 Å². The van der Waals surface area contributed by atoms with Gasteiger partial charge < -0.3 is 10.6 Å². The average molecular weight is 453 g/mol. The minimum Gasteiger partial charge on any atom is -0.360 e. The molecule has 0 aliphatic rings. The molecule has 0 spiro atoms. The lowest BCUT2D eigenvalue weighted by molar-refractivity contribution is -0.383. The van der Waals surface area contributed by atoms with E-state index in [1.165, 1.54) is 12.1 Å². The minimum atomic E-state index is -0.631. The van der Waals surface area contributed by atoms with Crippen LogP contribution in [-0.4, -0.2) is 14.9 Å². The van der Waals surface area contributed by atoms with Gasteiger partial charge in [-0.05, 0) is 29.8 Å². The molecule has 0 radical (unpaired) electrons. The highest BCUT2D eigenvalue weighted by Crippen LogP contribution is 2.32. The van der Waals surface area contributed by atoms with Crippen LogP contribution in [0.3, 0.4) is 0 Å². The first-order valence-corrected chi connectivity index (χ1v) is 8.81. The van der Waals surface area contributed by atoms with Gasteiger partial charge in [0.05, 0.1) is 10.6 Å². The monoisotopic (exact) mass is 451 g/mol. The highest BCUT2D eigenvalue weighted by atomic mass is 79.9. The van der Waals surface area contributed by atoms with Crippen LogP contribution in [0.1, 0.15) is 5.56 Å². The van der Waals surface area contributed by atoms with Gasteiger partial charge in [-0.15, -0.1) is 0 Å². The van der Waals surface area contributed by atoms with Gasteiger partial charge in [0, 0.05) is 16.0 Å². The maximum Gasteiger partial charge on any atom is 0.353 e. The van der Waals surface area contributed by atoms with Gasteiger partial charge in [-0.25, -0.2) is 14.4 Å². The molecule has 1 heterocycles. The summed E-state index contributed by atoms with van der Waals surface area (Å²) in [6, 6.07) is 11.4. The Kier molecular flexibility index (Phi) is 5.82. The quantitative estimate of drug-likeness (QED) is 0.390. The Morgan fingerprint density at radius 2 is 1.93 bits per heavy atom. The van der Waals surface area contributed by atoms with Crippen LogP contribution in [0, 0.1) is 15.9 Å². The number of nitro groups is 1. The highest BCUT2D eigenvalue weighted by molar-refractivity contribution is 9.10. The van der Waals surface area contributed by atoms with Crippen molar-refractivity contribution in [3.8, 4) is 0 Å². The molecular formula is C17H12BrClFN5O2. The van der Waals surface area contributed by atoms with Gasteiger partial charge in [-0.3, -0.25) is 10.1 Å². The van der Waals surface area contributed by atoms with Gasteiger partial charge in [0.2, 0.25) is 11.6 Å². The van der Waals surface area contributed by atoms with Gasteiger partial charge >= 0.3 is 5.69 Å². The van der Waals surface area contributed by atoms with Gasteiger partial charge in [-0.1, -0.05) is 45.7 Å². The Balaban J connectivity index is 1.90. The molecule has 3 rings (SSSR count). The summed E-state index contributed by atoms with van der Waals surface area (Å²) in [5.74, 6) is -0.712. The lowest BCUT2D eigenvalue weighted by Gasteiger charge is -2.11. The van der Waals surface area contributed by atoms with Crippen molar-refractivity contribution in [1.29, 1.82) is 0 Å². The van der Waals surface area contributed by atoms with Crippen molar-refractivity contribution in [2.45, 2.75) is 6.54 Å². The Morgan fingerprint density at radius 3 is 2.63 bits per heavy atom. The van der Waals surface area contributed by atoms with E-state index in [1.54, 1.807) is 30.3 Å². The van der Waals surface area contributed by atoms with E-state index in [1.807, 2.05) is 0 Å². The van der Waals surface area contributed by atoms with E-state index >= 15 is 0 Å². The number of halogens is 3. The Hall–Kier alpha value is -2.78. The van der Waals surface area contributed by atoms with Crippen molar-refractivity contribution in [1.82, 2.24) is 9.97 Å². The van der Waals surface area contributed by atoms with Gasteiger partial charge in [0.25, 0.3) is 0 Å². The molecule has 0 saturated heterocycles. The fraction of sp³-hybridized carbons (Fsp3) is 0.0588. The molecule has 138 valence electrons. The first-order valence-electron chi connectivity index (χ1n) is 7.64. The first kappa shape index (κ1) is 19.0. The van der Waals surface area contributed by atoms with Crippen LogP contribution in [0.2, 0.25) is 5.02 Å². The molecule has 0 unspecified atom stereocenters. The third kappa shape index (κ3) is 4.50. The second-order valence-corrected chi connectivity index (χ2v) is 6.69. The van der Waals surface area contributed by atoms with E-state index < -0.39 is 16.4 Å². The molecule has 3 aromatic rings. The molecule has 0 saturated carbocycles. The molecular weight excluding hydrogens is 441 g/mol. The zero-order valence-corrected chi connectivity index (χ0v) is 16.0. The van der Waals surface area contributed by atoms with Crippen LogP contribution in [0.4, 0.5) is 27.4 Å². The summed E-state index contributed by atoms with van der Waals surface area (Å²) in [6.07, 6.45) is 1.15. The van der Waals surface area contributed by atoms with E-state index in [-0.39, 0.29) is 23.9 Å². The molecule has 1 aromatic heterocycles. The summed E-state index contributed by atoms with van der Waals surface area (Å²) in [6.45, 7) is 0.226. The minimum absolute atomic E-state index is 0.00469. The third-order valence-corrected chi connectivity index (χ3v) is 4.46. The van der Waals surface area contributed by atoms with E-state index in [4.69, 9.17) is 11.6 Å². The van der Waals surface area contributed by atoms with Crippen LogP contribution in [-0.2, 0) is 6.54 Å². The first-order chi connectivity index (χ1) is 13.0. The lowest BCUT2D eigenvalue weighted by Crippen LogP contribution is -2.08. The second-order valence-electron chi connectivity index (χ2n) is 5.37. The Labute approximate surface area is 166 Å². The molecule has 7 nitrogen and oxygen atoms in total. The van der Waals surface area contributed by atoms with Crippen molar-refractivity contribution in [2.75, 3.05) is 10.6 Å². The van der Waals surface area contributed by atoms with Crippen molar-refractivity contribution in [3.05, 3.63) is 79.8 Å². The largest absolute Gasteiger partial charge is 0.360 e.